The third kappa shape index (κ3) is 1.55. The number of nitrogens with two attached hydrogens (primary N) is 1. The Labute approximate surface area is 77.2 Å². The number of carbonyl (C=O) groups is 1. The van der Waals surface area contributed by atoms with Gasteiger partial charge in [-0.1, -0.05) is 0 Å². The van der Waals surface area contributed by atoms with Gasteiger partial charge in [-0.05, 0) is 6.42 Å². The van der Waals surface area contributed by atoms with Gasteiger partial charge in [0.05, 0.1) is 17.8 Å². The minimum absolute atomic E-state index is 0.0252. The molecule has 1 fully saturated rings. The summed E-state index contributed by atoms with van der Waals surface area (Å²) in [6, 6.07) is 0. The molecule has 0 saturated heterocycles. The van der Waals surface area contributed by atoms with Crippen LogP contribution in [-0.4, -0.2) is 39.5 Å². The highest BCUT2D eigenvalue weighted by atomic mass is 32.2. The molecule has 0 aromatic rings. The molecular formula is C7H13NO4S. The molecule has 5 nitrogen and oxygen atoms in total. The topological polar surface area (TPSA) is 86.5 Å². The summed E-state index contributed by atoms with van der Waals surface area (Å²) in [6.45, 7) is 0.0252. The van der Waals surface area contributed by atoms with Crippen molar-refractivity contribution in [1.82, 2.24) is 0 Å². The fourth-order valence-electron chi connectivity index (χ4n) is 1.55. The Morgan fingerprint density at radius 2 is 2.23 bits per heavy atom. The maximum Gasteiger partial charge on any atom is 0.314 e. The molecule has 0 aromatic carbocycles. The van der Waals surface area contributed by atoms with Gasteiger partial charge < -0.3 is 10.5 Å². The minimum atomic E-state index is -3.19. The van der Waals surface area contributed by atoms with Gasteiger partial charge in [0.25, 0.3) is 0 Å². The number of esters is 1. The molecule has 13 heavy (non-hydrogen) atoms. The van der Waals surface area contributed by atoms with Crippen LogP contribution in [0.1, 0.15) is 6.42 Å². The van der Waals surface area contributed by atoms with Crippen molar-refractivity contribution in [2.45, 2.75) is 11.7 Å². The van der Waals surface area contributed by atoms with Crippen LogP contribution in [-0.2, 0) is 19.4 Å². The summed E-state index contributed by atoms with van der Waals surface area (Å²) in [5.74, 6) is -0.523. The third-order valence-electron chi connectivity index (χ3n) is 2.48. The van der Waals surface area contributed by atoms with Gasteiger partial charge in [0.2, 0.25) is 0 Å². The van der Waals surface area contributed by atoms with Crippen LogP contribution in [0.3, 0.4) is 0 Å². The molecule has 0 bridgehead atoms. The first-order valence-corrected chi connectivity index (χ1v) is 5.81. The zero-order valence-corrected chi connectivity index (χ0v) is 8.43. The number of ether oxygens (including phenoxy) is 1. The summed E-state index contributed by atoms with van der Waals surface area (Å²) in [7, 11) is -1.95. The summed E-state index contributed by atoms with van der Waals surface area (Å²) in [5, 5.41) is -0.655. The Balaban J connectivity index is 2.87. The predicted molar refractivity (Wildman–Crippen MR) is 46.8 cm³/mol. The molecule has 6 heteroatoms. The van der Waals surface area contributed by atoms with Crippen LogP contribution < -0.4 is 5.73 Å². The van der Waals surface area contributed by atoms with Gasteiger partial charge in [0.1, 0.15) is 0 Å². The monoisotopic (exact) mass is 207 g/mol. The fourth-order valence-corrected chi connectivity index (χ4v) is 3.16. The molecule has 76 valence electrons. The number of carbonyl (C=O) groups excluding carboxylic acids is 1. The van der Waals surface area contributed by atoms with E-state index in [9.17, 15) is 13.2 Å². The molecule has 0 aromatic heterocycles. The minimum Gasteiger partial charge on any atom is -0.469 e. The Morgan fingerprint density at radius 3 is 2.46 bits per heavy atom. The van der Waals surface area contributed by atoms with Gasteiger partial charge >= 0.3 is 5.97 Å². The molecular weight excluding hydrogens is 194 g/mol. The SMILES string of the molecule is COC(=O)[C@@]1(CN)C[C@H]1S(C)(=O)=O. The van der Waals surface area contributed by atoms with Crippen LogP contribution in [0.5, 0.6) is 0 Å². The van der Waals surface area contributed by atoms with E-state index in [4.69, 9.17) is 5.73 Å². The van der Waals surface area contributed by atoms with E-state index in [2.05, 4.69) is 4.74 Å². The largest absolute Gasteiger partial charge is 0.469 e. The molecule has 1 rings (SSSR count). The smallest absolute Gasteiger partial charge is 0.314 e. The molecule has 0 amide bonds. The molecule has 0 unspecified atom stereocenters. The van der Waals surface area contributed by atoms with Gasteiger partial charge in [-0.15, -0.1) is 0 Å². The van der Waals surface area contributed by atoms with E-state index in [0.29, 0.717) is 0 Å². The van der Waals surface area contributed by atoms with E-state index in [0.717, 1.165) is 6.26 Å². The molecule has 0 spiro atoms. The molecule has 0 aliphatic heterocycles. The molecule has 1 aliphatic carbocycles. The third-order valence-corrected chi connectivity index (χ3v) is 4.13. The summed E-state index contributed by atoms with van der Waals surface area (Å²) in [5.41, 5.74) is 4.40. The van der Waals surface area contributed by atoms with Gasteiger partial charge in [0.15, 0.2) is 9.84 Å². The summed E-state index contributed by atoms with van der Waals surface area (Å²) in [4.78, 5) is 11.2. The molecule has 1 aliphatic rings. The summed E-state index contributed by atoms with van der Waals surface area (Å²) in [6.07, 6.45) is 1.40. The van der Waals surface area contributed by atoms with Crippen LogP contribution >= 0.6 is 0 Å². The Kier molecular flexibility index (Phi) is 2.38. The highest BCUT2D eigenvalue weighted by molar-refractivity contribution is 7.91. The van der Waals surface area contributed by atoms with Crippen LogP contribution in [0.2, 0.25) is 0 Å². The Morgan fingerprint density at radius 1 is 1.69 bits per heavy atom. The maximum absolute atomic E-state index is 11.2. The lowest BCUT2D eigenvalue weighted by molar-refractivity contribution is -0.146. The zero-order valence-electron chi connectivity index (χ0n) is 7.61. The number of rotatable bonds is 3. The second kappa shape index (κ2) is 2.95. The van der Waals surface area contributed by atoms with Crippen molar-refractivity contribution >= 4 is 15.8 Å². The maximum atomic E-state index is 11.2. The Hall–Kier alpha value is -0.620. The average molecular weight is 207 g/mol. The number of hydrogen-bond donors (Lipinski definition) is 1. The van der Waals surface area contributed by atoms with Crippen LogP contribution in [0, 0.1) is 5.41 Å². The number of methoxy groups -OCH3 is 1. The predicted octanol–water partition coefficient (Wildman–Crippen LogP) is -1.08. The van der Waals surface area contributed by atoms with Crippen LogP contribution in [0.15, 0.2) is 0 Å². The van der Waals surface area contributed by atoms with E-state index in [1.807, 2.05) is 0 Å². The van der Waals surface area contributed by atoms with Crippen molar-refractivity contribution in [2.75, 3.05) is 19.9 Å². The lowest BCUT2D eigenvalue weighted by Gasteiger charge is -2.10. The average Bonchev–Trinajstić information content (AvgIpc) is 2.78. The molecule has 0 heterocycles. The Bertz CT molecular complexity index is 323. The fraction of sp³-hybridized carbons (Fsp3) is 0.857. The lowest BCUT2D eigenvalue weighted by Crippen LogP contribution is -2.32. The first-order chi connectivity index (χ1) is 5.88. The van der Waals surface area contributed by atoms with Crippen molar-refractivity contribution in [3.05, 3.63) is 0 Å². The van der Waals surface area contributed by atoms with Gasteiger partial charge in [-0.2, -0.15) is 0 Å². The second-order valence-corrected chi connectivity index (χ2v) is 5.60. The van der Waals surface area contributed by atoms with E-state index >= 15 is 0 Å². The van der Waals surface area contributed by atoms with E-state index < -0.39 is 26.5 Å². The van der Waals surface area contributed by atoms with Crippen molar-refractivity contribution in [3.63, 3.8) is 0 Å². The van der Waals surface area contributed by atoms with Gasteiger partial charge in [-0.25, -0.2) is 8.42 Å². The second-order valence-electron chi connectivity index (χ2n) is 3.37. The highest BCUT2D eigenvalue weighted by Crippen LogP contribution is 2.50. The number of sulfone groups is 1. The lowest BCUT2D eigenvalue weighted by atomic mass is 10.1. The zero-order chi connectivity index (χ0) is 10.3. The summed E-state index contributed by atoms with van der Waals surface area (Å²) >= 11 is 0. The first-order valence-electron chi connectivity index (χ1n) is 3.86. The van der Waals surface area contributed by atoms with E-state index in [-0.39, 0.29) is 13.0 Å². The van der Waals surface area contributed by atoms with Gasteiger partial charge in [-0.3, -0.25) is 4.79 Å². The van der Waals surface area contributed by atoms with Crippen LogP contribution in [0.25, 0.3) is 0 Å². The van der Waals surface area contributed by atoms with E-state index in [1.54, 1.807) is 0 Å². The molecule has 0 radical (unpaired) electrons. The highest BCUT2D eigenvalue weighted by Gasteiger charge is 2.65. The van der Waals surface area contributed by atoms with Crippen molar-refractivity contribution < 1.29 is 17.9 Å². The standard InChI is InChI=1S/C7H13NO4S/c1-12-6(9)7(4-8)3-5(7)13(2,10)11/h5H,3-4,8H2,1-2H3/t5-,7-/m1/s1. The van der Waals surface area contributed by atoms with Crippen molar-refractivity contribution in [2.24, 2.45) is 11.1 Å². The molecule has 2 N–H and O–H groups in total. The van der Waals surface area contributed by atoms with Crippen molar-refractivity contribution in [3.8, 4) is 0 Å². The molecule has 1 saturated carbocycles. The summed E-state index contributed by atoms with van der Waals surface area (Å²) < 4.78 is 26.8. The quantitative estimate of drug-likeness (QED) is 0.595. The van der Waals surface area contributed by atoms with Crippen molar-refractivity contribution in [1.29, 1.82) is 0 Å². The van der Waals surface area contributed by atoms with Gasteiger partial charge in [0, 0.05) is 12.8 Å². The van der Waals surface area contributed by atoms with Crippen LogP contribution in [0.4, 0.5) is 0 Å². The first kappa shape index (κ1) is 10.5. The molecule has 2 atom stereocenters. The number of hydrogen-bond acceptors (Lipinski definition) is 5. The normalized spacial score (nSPS) is 32.7. The van der Waals surface area contributed by atoms with E-state index in [1.165, 1.54) is 7.11 Å².